The van der Waals surface area contributed by atoms with E-state index in [1.165, 1.54) is 4.90 Å². The van der Waals surface area contributed by atoms with E-state index in [1.54, 1.807) is 39.0 Å². The van der Waals surface area contributed by atoms with Gasteiger partial charge in [0.1, 0.15) is 5.60 Å². The predicted octanol–water partition coefficient (Wildman–Crippen LogP) is 3.12. The molecule has 0 aromatic heterocycles. The van der Waals surface area contributed by atoms with Crippen LogP contribution >= 0.6 is 11.6 Å². The Morgan fingerprint density at radius 1 is 1.47 bits per heavy atom. The van der Waals surface area contributed by atoms with Crippen LogP contribution in [0.2, 0.25) is 5.02 Å². The van der Waals surface area contributed by atoms with Crippen molar-refractivity contribution in [3.05, 3.63) is 34.3 Å². The van der Waals surface area contributed by atoms with Crippen molar-refractivity contribution in [1.82, 2.24) is 4.90 Å². The second-order valence-corrected chi connectivity index (χ2v) is 6.01. The Bertz CT molecular complexity index is 496. The molecule has 1 heterocycles. The van der Waals surface area contributed by atoms with Gasteiger partial charge in [-0.1, -0.05) is 23.7 Å². The Balaban J connectivity index is 2.22. The molecule has 1 aromatic carbocycles. The largest absolute Gasteiger partial charge is 0.444 e. The van der Waals surface area contributed by atoms with Crippen LogP contribution in [0.4, 0.5) is 4.79 Å². The number of nitrogens with zero attached hydrogens (tertiary/aromatic N) is 1. The number of hydrogen-bond acceptors (Lipinski definition) is 3. The first kappa shape index (κ1) is 14.2. The van der Waals surface area contributed by atoms with E-state index >= 15 is 0 Å². The summed E-state index contributed by atoms with van der Waals surface area (Å²) in [7, 11) is 0. The average molecular weight is 284 g/mol. The van der Waals surface area contributed by atoms with Crippen LogP contribution in [0.1, 0.15) is 38.1 Å². The van der Waals surface area contributed by atoms with Gasteiger partial charge in [-0.2, -0.15) is 0 Å². The van der Waals surface area contributed by atoms with Gasteiger partial charge in [0.05, 0.1) is 0 Å². The van der Waals surface area contributed by atoms with E-state index in [0.29, 0.717) is 23.6 Å². The van der Waals surface area contributed by atoms with Gasteiger partial charge in [0.15, 0.2) is 6.23 Å². The normalized spacial score (nSPS) is 19.0. The number of rotatable bonds is 0. The van der Waals surface area contributed by atoms with Crippen molar-refractivity contribution in [1.29, 1.82) is 0 Å². The molecule has 1 atom stereocenters. The zero-order valence-electron chi connectivity index (χ0n) is 11.3. The van der Waals surface area contributed by atoms with Crippen LogP contribution in [0.25, 0.3) is 0 Å². The van der Waals surface area contributed by atoms with Gasteiger partial charge in [-0.05, 0) is 38.8 Å². The second kappa shape index (κ2) is 5.02. The first-order chi connectivity index (χ1) is 8.79. The monoisotopic (exact) mass is 283 g/mol. The molecule has 1 aromatic rings. The Kier molecular flexibility index (Phi) is 3.74. The molecule has 0 radical (unpaired) electrons. The minimum Gasteiger partial charge on any atom is -0.444 e. The summed E-state index contributed by atoms with van der Waals surface area (Å²) >= 11 is 6.10. The molecule has 0 spiro atoms. The lowest BCUT2D eigenvalue weighted by molar-refractivity contribution is -0.0358. The Morgan fingerprint density at radius 3 is 2.79 bits per heavy atom. The molecule has 0 aliphatic carbocycles. The minimum absolute atomic E-state index is 0.396. The Morgan fingerprint density at radius 2 is 2.16 bits per heavy atom. The summed E-state index contributed by atoms with van der Waals surface area (Å²) in [5.74, 6) is 0. The van der Waals surface area contributed by atoms with Crippen LogP contribution in [0.5, 0.6) is 0 Å². The smallest absolute Gasteiger partial charge is 0.412 e. The molecular weight excluding hydrogens is 266 g/mol. The van der Waals surface area contributed by atoms with Crippen molar-refractivity contribution < 1.29 is 14.6 Å². The third-order valence-corrected chi connectivity index (χ3v) is 3.31. The van der Waals surface area contributed by atoms with E-state index in [4.69, 9.17) is 16.3 Å². The van der Waals surface area contributed by atoms with Gasteiger partial charge in [-0.25, -0.2) is 4.79 Å². The number of hydrogen-bond donors (Lipinski definition) is 1. The standard InChI is InChI=1S/C14H18ClNO3/c1-14(2,3)19-13(18)16-8-7-9-10(12(16)17)5-4-6-11(9)15/h4-6,12,17H,7-8H2,1-3H3. The fourth-order valence-electron chi connectivity index (χ4n) is 2.12. The summed E-state index contributed by atoms with van der Waals surface area (Å²) in [6, 6.07) is 5.33. The topological polar surface area (TPSA) is 49.8 Å². The van der Waals surface area contributed by atoms with E-state index in [-0.39, 0.29) is 0 Å². The molecule has 104 valence electrons. The van der Waals surface area contributed by atoms with Crippen LogP contribution in [-0.4, -0.2) is 28.2 Å². The van der Waals surface area contributed by atoms with Crippen LogP contribution in [0, 0.1) is 0 Å². The second-order valence-electron chi connectivity index (χ2n) is 5.61. The third-order valence-electron chi connectivity index (χ3n) is 2.96. The number of ether oxygens (including phenoxy) is 1. The highest BCUT2D eigenvalue weighted by molar-refractivity contribution is 6.31. The molecule has 1 N–H and O–H groups in total. The lowest BCUT2D eigenvalue weighted by atomic mass is 9.98. The molecule has 0 saturated carbocycles. The van der Waals surface area contributed by atoms with Gasteiger partial charge in [0.25, 0.3) is 0 Å². The number of fused-ring (bicyclic) bond motifs is 1. The van der Waals surface area contributed by atoms with Crippen LogP contribution in [0.3, 0.4) is 0 Å². The maximum absolute atomic E-state index is 12.0. The number of carbonyl (C=O) groups excluding carboxylic acids is 1. The summed E-state index contributed by atoms with van der Waals surface area (Å²) in [5, 5.41) is 10.9. The highest BCUT2D eigenvalue weighted by Crippen LogP contribution is 2.32. The van der Waals surface area contributed by atoms with E-state index < -0.39 is 17.9 Å². The highest BCUT2D eigenvalue weighted by atomic mass is 35.5. The zero-order chi connectivity index (χ0) is 14.2. The highest BCUT2D eigenvalue weighted by Gasteiger charge is 2.32. The summed E-state index contributed by atoms with van der Waals surface area (Å²) in [5.41, 5.74) is 0.992. The molecule has 0 saturated heterocycles. The maximum atomic E-state index is 12.0. The number of carbonyl (C=O) groups is 1. The first-order valence-corrected chi connectivity index (χ1v) is 6.62. The van der Waals surface area contributed by atoms with Crippen molar-refractivity contribution in [3.8, 4) is 0 Å². The summed E-state index contributed by atoms with van der Waals surface area (Å²) < 4.78 is 5.29. The number of amides is 1. The molecule has 19 heavy (non-hydrogen) atoms. The average Bonchev–Trinajstić information content (AvgIpc) is 2.28. The lowest BCUT2D eigenvalue weighted by Gasteiger charge is -2.35. The zero-order valence-corrected chi connectivity index (χ0v) is 12.1. The van der Waals surface area contributed by atoms with Crippen molar-refractivity contribution in [3.63, 3.8) is 0 Å². The number of aliphatic hydroxyl groups is 1. The Hall–Kier alpha value is -1.26. The molecular formula is C14H18ClNO3. The SMILES string of the molecule is CC(C)(C)OC(=O)N1CCc2c(Cl)cccc2C1O. The van der Waals surface area contributed by atoms with Gasteiger partial charge in [-0.3, -0.25) is 4.90 Å². The molecule has 1 aliphatic heterocycles. The van der Waals surface area contributed by atoms with Crippen molar-refractivity contribution in [2.45, 2.75) is 39.0 Å². The number of benzene rings is 1. The summed E-state index contributed by atoms with van der Waals surface area (Å²) in [6.45, 7) is 5.79. The number of aliphatic hydroxyl groups excluding tert-OH is 1. The van der Waals surface area contributed by atoms with Gasteiger partial charge in [0, 0.05) is 17.1 Å². The summed E-state index contributed by atoms with van der Waals surface area (Å²) in [4.78, 5) is 13.4. The minimum atomic E-state index is -1.00. The van der Waals surface area contributed by atoms with Crippen molar-refractivity contribution >= 4 is 17.7 Å². The van der Waals surface area contributed by atoms with Crippen LogP contribution in [-0.2, 0) is 11.2 Å². The van der Waals surface area contributed by atoms with Gasteiger partial charge >= 0.3 is 6.09 Å². The predicted molar refractivity (Wildman–Crippen MR) is 73.1 cm³/mol. The van der Waals surface area contributed by atoms with Crippen LogP contribution < -0.4 is 0 Å². The molecule has 1 unspecified atom stereocenters. The summed E-state index contributed by atoms with van der Waals surface area (Å²) in [6.07, 6.45) is -0.895. The van der Waals surface area contributed by atoms with Crippen LogP contribution in [0.15, 0.2) is 18.2 Å². The molecule has 5 heteroatoms. The molecule has 1 aliphatic rings. The van der Waals surface area contributed by atoms with Crippen molar-refractivity contribution in [2.75, 3.05) is 6.54 Å². The Labute approximate surface area is 117 Å². The van der Waals surface area contributed by atoms with Gasteiger partial charge in [0.2, 0.25) is 0 Å². The lowest BCUT2D eigenvalue weighted by Crippen LogP contribution is -2.43. The van der Waals surface area contributed by atoms with Gasteiger partial charge < -0.3 is 9.84 Å². The number of halogens is 1. The van der Waals surface area contributed by atoms with E-state index in [9.17, 15) is 9.90 Å². The molecule has 0 bridgehead atoms. The molecule has 1 amide bonds. The van der Waals surface area contributed by atoms with Crippen molar-refractivity contribution in [2.24, 2.45) is 0 Å². The fourth-order valence-corrected chi connectivity index (χ4v) is 2.39. The van der Waals surface area contributed by atoms with E-state index in [0.717, 1.165) is 5.56 Å². The quantitative estimate of drug-likeness (QED) is 0.796. The third kappa shape index (κ3) is 3.01. The first-order valence-electron chi connectivity index (χ1n) is 6.24. The molecule has 0 fully saturated rings. The van der Waals surface area contributed by atoms with Gasteiger partial charge in [-0.15, -0.1) is 0 Å². The fraction of sp³-hybridized carbons (Fsp3) is 0.500. The molecule has 2 rings (SSSR count). The maximum Gasteiger partial charge on any atom is 0.412 e. The molecule has 4 nitrogen and oxygen atoms in total. The van der Waals surface area contributed by atoms with E-state index in [1.807, 2.05) is 0 Å². The van der Waals surface area contributed by atoms with E-state index in [2.05, 4.69) is 0 Å².